The van der Waals surface area contributed by atoms with Crippen molar-refractivity contribution in [2.45, 2.75) is 44.8 Å². The van der Waals surface area contributed by atoms with Crippen LogP contribution >= 0.6 is 11.6 Å². The largest absolute Gasteiger partial charge is 0.481 e. The molecule has 5 rings (SSSR count). The molecule has 1 fully saturated rings. The second-order valence-corrected chi connectivity index (χ2v) is 11.1. The topological polar surface area (TPSA) is 119 Å². The predicted molar refractivity (Wildman–Crippen MR) is 159 cm³/mol. The number of nitrogens with one attached hydrogen (secondary N) is 2. The molecule has 0 radical (unpaired) electrons. The molecule has 3 aromatic rings. The molecule has 2 N–H and O–H groups in total. The molecule has 10 nitrogen and oxygen atoms in total. The van der Waals surface area contributed by atoms with E-state index < -0.39 is 36.0 Å². The molecule has 0 saturated carbocycles. The van der Waals surface area contributed by atoms with E-state index in [1.54, 1.807) is 24.4 Å². The summed E-state index contributed by atoms with van der Waals surface area (Å²) in [5.74, 6) is -2.12. The van der Waals surface area contributed by atoms with E-state index in [1.165, 1.54) is 19.1 Å². The molecule has 2 bridgehead atoms. The minimum atomic E-state index is -1.15. The van der Waals surface area contributed by atoms with Crippen molar-refractivity contribution in [1.82, 2.24) is 9.88 Å². The molecule has 232 valence electrons. The number of fused-ring (bicyclic) bond motifs is 4. The second-order valence-electron chi connectivity index (χ2n) is 10.6. The van der Waals surface area contributed by atoms with Gasteiger partial charge in [0.15, 0.2) is 5.82 Å². The van der Waals surface area contributed by atoms with Crippen LogP contribution in [-0.2, 0) is 14.3 Å². The third kappa shape index (κ3) is 6.26. The smallest absolute Gasteiger partial charge is 0.411 e. The number of ether oxygens (including phenoxy) is 3. The van der Waals surface area contributed by atoms with Gasteiger partial charge in [-0.05, 0) is 43.2 Å². The lowest BCUT2D eigenvalue weighted by Gasteiger charge is -2.38. The molecule has 2 aliphatic rings. The number of cyclic esters (lactones) is 1. The number of amides is 3. The SMILES string of the molecule is COC(=O)Nc1ccc2c(c1)NC(=O)[C@H](C)CCCC(N1CC[C@H](c3c(F)ccc(Cl)c3F)OC1=O)c1cc-2cnc1OC. The Morgan fingerprint density at radius 3 is 2.66 bits per heavy atom. The number of hydrogen-bond acceptors (Lipinski definition) is 7. The van der Waals surface area contributed by atoms with Gasteiger partial charge >= 0.3 is 12.2 Å². The van der Waals surface area contributed by atoms with E-state index in [-0.39, 0.29) is 35.4 Å². The van der Waals surface area contributed by atoms with Crippen LogP contribution in [0.15, 0.2) is 42.6 Å². The minimum Gasteiger partial charge on any atom is -0.481 e. The van der Waals surface area contributed by atoms with E-state index in [2.05, 4.69) is 20.4 Å². The highest BCUT2D eigenvalue weighted by atomic mass is 35.5. The van der Waals surface area contributed by atoms with E-state index in [0.29, 0.717) is 53.2 Å². The van der Waals surface area contributed by atoms with Gasteiger partial charge in [0.05, 0.1) is 36.5 Å². The molecule has 3 heterocycles. The van der Waals surface area contributed by atoms with Gasteiger partial charge in [0.25, 0.3) is 0 Å². The number of pyridine rings is 1. The number of halogens is 3. The molecule has 3 atom stereocenters. The van der Waals surface area contributed by atoms with Gasteiger partial charge in [-0.2, -0.15) is 0 Å². The van der Waals surface area contributed by atoms with Crippen molar-refractivity contribution in [3.05, 3.63) is 70.4 Å². The predicted octanol–water partition coefficient (Wildman–Crippen LogP) is 7.25. The molecule has 13 heteroatoms. The summed E-state index contributed by atoms with van der Waals surface area (Å²) in [7, 11) is 2.72. The number of carbonyl (C=O) groups is 3. The standard InChI is InChI=1S/C31H31ClF2N4O6/c1-16-5-4-6-24(38-12-11-25(44-31(38)41)26-22(33)10-9-21(32)27(26)34)20-13-17(15-35-29(20)42-2)19-8-7-18(36-30(40)43-3)14-23(19)37-28(16)39/h7-10,13-16,24-25H,4-6,11-12H2,1-3H3,(H,36,40)(H,37,39)/t16-,24?,25-/m1/s1. The summed E-state index contributed by atoms with van der Waals surface area (Å²) < 4.78 is 45.2. The fraction of sp³-hybridized carbons (Fsp3) is 0.355. The van der Waals surface area contributed by atoms with Crippen LogP contribution in [0.25, 0.3) is 11.1 Å². The fourth-order valence-electron chi connectivity index (χ4n) is 5.58. The highest BCUT2D eigenvalue weighted by Crippen LogP contribution is 2.42. The number of hydrogen-bond donors (Lipinski definition) is 2. The summed E-state index contributed by atoms with van der Waals surface area (Å²) in [5, 5.41) is 5.30. The Bertz CT molecular complexity index is 1610. The summed E-state index contributed by atoms with van der Waals surface area (Å²) in [6.45, 7) is 1.93. The first kappa shape index (κ1) is 31.0. The third-order valence-electron chi connectivity index (χ3n) is 7.90. The molecular weight excluding hydrogens is 598 g/mol. The maximum absolute atomic E-state index is 14.8. The van der Waals surface area contributed by atoms with Gasteiger partial charge in [-0.25, -0.2) is 23.4 Å². The van der Waals surface area contributed by atoms with Crippen molar-refractivity contribution < 1.29 is 37.4 Å². The van der Waals surface area contributed by atoms with Crippen LogP contribution in [0.5, 0.6) is 5.88 Å². The van der Waals surface area contributed by atoms with Crippen molar-refractivity contribution in [1.29, 1.82) is 0 Å². The van der Waals surface area contributed by atoms with Gasteiger partial charge in [-0.15, -0.1) is 0 Å². The molecule has 2 aromatic carbocycles. The number of anilines is 2. The highest BCUT2D eigenvalue weighted by Gasteiger charge is 2.38. The number of methoxy groups -OCH3 is 2. The molecule has 44 heavy (non-hydrogen) atoms. The van der Waals surface area contributed by atoms with Crippen LogP contribution < -0.4 is 15.4 Å². The van der Waals surface area contributed by atoms with E-state index in [1.807, 2.05) is 13.0 Å². The van der Waals surface area contributed by atoms with E-state index >= 15 is 0 Å². The molecule has 3 amide bonds. The third-order valence-corrected chi connectivity index (χ3v) is 8.19. The lowest BCUT2D eigenvalue weighted by molar-refractivity contribution is -0.119. The minimum absolute atomic E-state index is 0.115. The van der Waals surface area contributed by atoms with Crippen LogP contribution in [0.4, 0.5) is 29.7 Å². The summed E-state index contributed by atoms with van der Waals surface area (Å²) in [6.07, 6.45) is 0.615. The van der Waals surface area contributed by atoms with Gasteiger partial charge in [0, 0.05) is 47.5 Å². The van der Waals surface area contributed by atoms with Crippen LogP contribution in [0.1, 0.15) is 55.9 Å². The Morgan fingerprint density at radius 2 is 1.93 bits per heavy atom. The number of nitrogens with zero attached hydrogens (tertiary/aromatic N) is 2. The number of carbonyl (C=O) groups excluding carboxylic acids is 3. The Labute approximate surface area is 257 Å². The van der Waals surface area contributed by atoms with Crippen molar-refractivity contribution in [2.24, 2.45) is 5.92 Å². The Hall–Kier alpha value is -4.45. The highest BCUT2D eigenvalue weighted by molar-refractivity contribution is 6.30. The van der Waals surface area contributed by atoms with E-state index in [0.717, 1.165) is 12.1 Å². The van der Waals surface area contributed by atoms with Gasteiger partial charge in [0.1, 0.15) is 11.9 Å². The van der Waals surface area contributed by atoms with Gasteiger partial charge in [0.2, 0.25) is 11.8 Å². The fourth-order valence-corrected chi connectivity index (χ4v) is 5.74. The van der Waals surface area contributed by atoms with E-state index in [4.69, 9.17) is 21.1 Å². The van der Waals surface area contributed by atoms with Crippen LogP contribution in [0.3, 0.4) is 0 Å². The maximum atomic E-state index is 14.8. The van der Waals surface area contributed by atoms with Crippen molar-refractivity contribution >= 4 is 41.1 Å². The zero-order valence-electron chi connectivity index (χ0n) is 24.3. The molecule has 1 saturated heterocycles. The Balaban J connectivity index is 1.54. The first-order valence-electron chi connectivity index (χ1n) is 14.1. The van der Waals surface area contributed by atoms with Gasteiger partial charge in [-0.1, -0.05) is 31.0 Å². The molecule has 0 aliphatic carbocycles. The van der Waals surface area contributed by atoms with Crippen LogP contribution in [0.2, 0.25) is 5.02 Å². The molecular formula is C31H31ClF2N4O6. The maximum Gasteiger partial charge on any atom is 0.411 e. The number of rotatable bonds is 4. The van der Waals surface area contributed by atoms with Crippen molar-refractivity contribution in [3.63, 3.8) is 0 Å². The second kappa shape index (κ2) is 13.0. The quantitative estimate of drug-likeness (QED) is 0.292. The summed E-state index contributed by atoms with van der Waals surface area (Å²) >= 11 is 5.88. The average molecular weight is 629 g/mol. The first-order chi connectivity index (χ1) is 21.1. The lowest BCUT2D eigenvalue weighted by Crippen LogP contribution is -2.42. The normalized spacial score (nSPS) is 20.3. The summed E-state index contributed by atoms with van der Waals surface area (Å²) in [6, 6.07) is 8.41. The zero-order valence-corrected chi connectivity index (χ0v) is 25.0. The van der Waals surface area contributed by atoms with Crippen molar-refractivity contribution in [3.8, 4) is 17.0 Å². The lowest BCUT2D eigenvalue weighted by atomic mass is 9.92. The van der Waals surface area contributed by atoms with Gasteiger partial charge < -0.3 is 24.4 Å². The average Bonchev–Trinajstić information content (AvgIpc) is 3.01. The molecule has 0 spiro atoms. The zero-order chi connectivity index (χ0) is 31.5. The summed E-state index contributed by atoms with van der Waals surface area (Å²) in [5.41, 5.74) is 2.30. The monoisotopic (exact) mass is 628 g/mol. The first-order valence-corrected chi connectivity index (χ1v) is 14.4. The van der Waals surface area contributed by atoms with Crippen LogP contribution in [-0.4, -0.2) is 48.7 Å². The van der Waals surface area contributed by atoms with Gasteiger partial charge in [-0.3, -0.25) is 10.1 Å². The summed E-state index contributed by atoms with van der Waals surface area (Å²) in [4.78, 5) is 44.5. The Morgan fingerprint density at radius 1 is 1.14 bits per heavy atom. The van der Waals surface area contributed by atoms with Crippen LogP contribution in [0, 0.1) is 17.6 Å². The molecule has 1 unspecified atom stereocenters. The van der Waals surface area contributed by atoms with E-state index in [9.17, 15) is 23.2 Å². The molecule has 1 aromatic heterocycles. The molecule has 2 aliphatic heterocycles. The Kier molecular flexibility index (Phi) is 9.19. The number of benzene rings is 2. The number of aromatic nitrogens is 1. The van der Waals surface area contributed by atoms with Crippen molar-refractivity contribution in [2.75, 3.05) is 31.4 Å².